The van der Waals surface area contributed by atoms with E-state index in [9.17, 15) is 4.79 Å². The van der Waals surface area contributed by atoms with Crippen molar-refractivity contribution in [3.63, 3.8) is 0 Å². The lowest BCUT2D eigenvalue weighted by atomic mass is 10.2. The van der Waals surface area contributed by atoms with Gasteiger partial charge in [-0.25, -0.2) is 4.79 Å². The smallest absolute Gasteiger partial charge is 0.313 e. The number of nitrogens with one attached hydrogen (secondary N) is 1. The van der Waals surface area contributed by atoms with E-state index in [-0.39, 0.29) is 6.61 Å². The molecule has 1 unspecified atom stereocenters. The average Bonchev–Trinajstić information content (AvgIpc) is 1.97. The van der Waals surface area contributed by atoms with Crippen LogP contribution in [0.4, 0.5) is 4.79 Å². The predicted octanol–water partition coefficient (Wildman–Crippen LogP) is -0.681. The third kappa shape index (κ3) is 5.18. The highest BCUT2D eigenvalue weighted by Crippen LogP contribution is 1.93. The van der Waals surface area contributed by atoms with Crippen LogP contribution in [0.5, 0.6) is 0 Å². The van der Waals surface area contributed by atoms with E-state index in [0.29, 0.717) is 12.8 Å². The number of hydrogen-bond acceptors (Lipinski definition) is 3. The molecule has 0 radical (unpaired) electrons. The van der Waals surface area contributed by atoms with Crippen molar-refractivity contribution in [2.45, 2.75) is 18.9 Å². The molecule has 0 aromatic carbocycles. The molecule has 1 atom stereocenters. The van der Waals surface area contributed by atoms with Crippen LogP contribution in [0.25, 0.3) is 0 Å². The van der Waals surface area contributed by atoms with Gasteiger partial charge in [-0.15, -0.1) is 0 Å². The molecule has 0 fully saturated rings. The molecule has 0 aliphatic carbocycles. The molecule has 5 heteroatoms. The maximum atomic E-state index is 10.2. The van der Waals surface area contributed by atoms with Crippen LogP contribution in [-0.2, 0) is 0 Å². The molecule has 2 amide bonds. The summed E-state index contributed by atoms with van der Waals surface area (Å²) in [5, 5.41) is 19.0. The second-order valence-corrected chi connectivity index (χ2v) is 2.06. The minimum absolute atomic E-state index is 0.0125. The highest BCUT2D eigenvalue weighted by atomic mass is 16.3. The number of nitriles is 1. The summed E-state index contributed by atoms with van der Waals surface area (Å²) >= 11 is 0. The topological polar surface area (TPSA) is 99.1 Å². The molecule has 0 spiro atoms. The van der Waals surface area contributed by atoms with Crippen LogP contribution in [0.15, 0.2) is 0 Å². The molecule has 11 heavy (non-hydrogen) atoms. The Morgan fingerprint density at radius 2 is 2.45 bits per heavy atom. The number of carbonyl (C=O) groups is 1. The van der Waals surface area contributed by atoms with Gasteiger partial charge in [0, 0.05) is 6.61 Å². The Hall–Kier alpha value is -1.28. The third-order valence-electron chi connectivity index (χ3n) is 1.12. The number of nitrogens with two attached hydrogens (primary N) is 1. The Morgan fingerprint density at radius 1 is 1.82 bits per heavy atom. The molecule has 0 aliphatic rings. The molecule has 0 aliphatic heterocycles. The summed E-state index contributed by atoms with van der Waals surface area (Å²) in [5.41, 5.74) is 4.78. The Kier molecular flexibility index (Phi) is 4.86. The van der Waals surface area contributed by atoms with Gasteiger partial charge >= 0.3 is 6.03 Å². The first-order valence-electron chi connectivity index (χ1n) is 3.27. The molecule has 0 saturated carbocycles. The normalized spacial score (nSPS) is 11.6. The van der Waals surface area contributed by atoms with Crippen molar-refractivity contribution in [2.75, 3.05) is 6.61 Å². The van der Waals surface area contributed by atoms with Gasteiger partial charge in [-0.3, -0.25) is 0 Å². The molecule has 5 nitrogen and oxygen atoms in total. The van der Waals surface area contributed by atoms with Crippen molar-refractivity contribution in [1.29, 1.82) is 5.26 Å². The highest BCUT2D eigenvalue weighted by Gasteiger charge is 2.06. The van der Waals surface area contributed by atoms with E-state index in [1.54, 1.807) is 0 Å². The lowest BCUT2D eigenvalue weighted by Gasteiger charge is -2.06. The van der Waals surface area contributed by atoms with Crippen LogP contribution >= 0.6 is 0 Å². The molecule has 62 valence electrons. The number of amides is 2. The number of primary amides is 1. The van der Waals surface area contributed by atoms with Gasteiger partial charge in [0.2, 0.25) is 0 Å². The standard InChI is InChI=1S/C6H11N3O2/c7-4-5(2-1-3-10)9-6(8)11/h5,10H,1-3H2,(H3,8,9,11). The Balaban J connectivity index is 3.60. The zero-order valence-corrected chi connectivity index (χ0v) is 6.08. The van der Waals surface area contributed by atoms with Gasteiger partial charge in [0.25, 0.3) is 0 Å². The predicted molar refractivity (Wildman–Crippen MR) is 38.4 cm³/mol. The first-order chi connectivity index (χ1) is 5.20. The fourth-order valence-corrected chi connectivity index (χ4v) is 0.636. The summed E-state index contributed by atoms with van der Waals surface area (Å²) in [7, 11) is 0. The maximum Gasteiger partial charge on any atom is 0.313 e. The van der Waals surface area contributed by atoms with Crippen molar-refractivity contribution in [3.8, 4) is 6.07 Å². The maximum absolute atomic E-state index is 10.2. The van der Waals surface area contributed by atoms with Crippen LogP contribution < -0.4 is 11.1 Å². The first kappa shape index (κ1) is 9.72. The largest absolute Gasteiger partial charge is 0.396 e. The van der Waals surface area contributed by atoms with Crippen molar-refractivity contribution in [3.05, 3.63) is 0 Å². The summed E-state index contributed by atoms with van der Waals surface area (Å²) < 4.78 is 0. The van der Waals surface area contributed by atoms with E-state index in [2.05, 4.69) is 5.32 Å². The van der Waals surface area contributed by atoms with E-state index in [0.717, 1.165) is 0 Å². The lowest BCUT2D eigenvalue weighted by Crippen LogP contribution is -2.37. The van der Waals surface area contributed by atoms with E-state index >= 15 is 0 Å². The van der Waals surface area contributed by atoms with E-state index in [1.807, 2.05) is 6.07 Å². The molecular formula is C6H11N3O2. The Bertz CT molecular complexity index is 164. The number of rotatable bonds is 4. The van der Waals surface area contributed by atoms with Gasteiger partial charge in [-0.2, -0.15) is 5.26 Å². The zero-order valence-electron chi connectivity index (χ0n) is 6.08. The van der Waals surface area contributed by atoms with Gasteiger partial charge < -0.3 is 16.2 Å². The summed E-state index contributed by atoms with van der Waals surface area (Å²) in [4.78, 5) is 10.2. The van der Waals surface area contributed by atoms with Crippen molar-refractivity contribution in [2.24, 2.45) is 5.73 Å². The average molecular weight is 157 g/mol. The summed E-state index contributed by atoms with van der Waals surface area (Å²) in [6, 6.07) is 0.548. The fraction of sp³-hybridized carbons (Fsp3) is 0.667. The van der Waals surface area contributed by atoms with Crippen LogP contribution in [0.1, 0.15) is 12.8 Å². The van der Waals surface area contributed by atoms with Gasteiger partial charge in [0.15, 0.2) is 0 Å². The van der Waals surface area contributed by atoms with Crippen LogP contribution in [0.2, 0.25) is 0 Å². The molecule has 0 aromatic heterocycles. The minimum Gasteiger partial charge on any atom is -0.396 e. The number of urea groups is 1. The van der Waals surface area contributed by atoms with E-state index < -0.39 is 12.1 Å². The number of hydrogen-bond donors (Lipinski definition) is 3. The number of aliphatic hydroxyl groups is 1. The van der Waals surface area contributed by atoms with Crippen molar-refractivity contribution < 1.29 is 9.90 Å². The second-order valence-electron chi connectivity index (χ2n) is 2.06. The van der Waals surface area contributed by atoms with E-state index in [1.165, 1.54) is 0 Å². The number of carbonyl (C=O) groups excluding carboxylic acids is 1. The summed E-state index contributed by atoms with van der Waals surface area (Å²) in [5.74, 6) is 0. The number of aliphatic hydroxyl groups excluding tert-OH is 1. The third-order valence-corrected chi connectivity index (χ3v) is 1.12. The lowest BCUT2D eigenvalue weighted by molar-refractivity contribution is 0.244. The molecule has 0 saturated heterocycles. The second kappa shape index (κ2) is 5.50. The molecule has 0 bridgehead atoms. The monoisotopic (exact) mass is 157 g/mol. The molecule has 0 rings (SSSR count). The zero-order chi connectivity index (χ0) is 8.69. The van der Waals surface area contributed by atoms with Crippen LogP contribution in [0, 0.1) is 11.3 Å². The molecular weight excluding hydrogens is 146 g/mol. The van der Waals surface area contributed by atoms with Gasteiger partial charge in [-0.05, 0) is 12.8 Å². The van der Waals surface area contributed by atoms with E-state index in [4.69, 9.17) is 16.1 Å². The van der Waals surface area contributed by atoms with Gasteiger partial charge in [-0.1, -0.05) is 0 Å². The SMILES string of the molecule is N#CC(CCCO)NC(N)=O. The first-order valence-corrected chi connectivity index (χ1v) is 3.27. The summed E-state index contributed by atoms with van der Waals surface area (Å²) in [6.07, 6.45) is 0.911. The van der Waals surface area contributed by atoms with Gasteiger partial charge in [0.1, 0.15) is 6.04 Å². The summed E-state index contributed by atoms with van der Waals surface area (Å²) in [6.45, 7) is 0.0125. The molecule has 0 aromatic rings. The van der Waals surface area contributed by atoms with Gasteiger partial charge in [0.05, 0.1) is 6.07 Å². The Labute approximate surface area is 64.8 Å². The fourth-order valence-electron chi connectivity index (χ4n) is 0.636. The minimum atomic E-state index is -0.713. The highest BCUT2D eigenvalue weighted by molar-refractivity contribution is 5.72. The van der Waals surface area contributed by atoms with Crippen molar-refractivity contribution >= 4 is 6.03 Å². The molecule has 0 heterocycles. The van der Waals surface area contributed by atoms with Crippen molar-refractivity contribution in [1.82, 2.24) is 5.32 Å². The number of nitrogens with zero attached hydrogens (tertiary/aromatic N) is 1. The Morgan fingerprint density at radius 3 is 2.82 bits per heavy atom. The molecule has 4 N–H and O–H groups in total. The quantitative estimate of drug-likeness (QED) is 0.504. The van der Waals surface area contributed by atoms with Crippen LogP contribution in [0.3, 0.4) is 0 Å². The van der Waals surface area contributed by atoms with Crippen LogP contribution in [-0.4, -0.2) is 23.8 Å².